The first-order valence-corrected chi connectivity index (χ1v) is 7.61. The Kier molecular flexibility index (Phi) is 4.22. The van der Waals surface area contributed by atoms with Crippen molar-refractivity contribution in [2.75, 3.05) is 0 Å². The summed E-state index contributed by atoms with van der Waals surface area (Å²) in [5.74, 6) is 5.80. The molecule has 106 valence electrons. The van der Waals surface area contributed by atoms with Gasteiger partial charge in [-0.2, -0.15) is 0 Å². The van der Waals surface area contributed by atoms with Crippen LogP contribution in [0.25, 0.3) is 10.8 Å². The number of fused-ring (bicyclic) bond motifs is 1. The third-order valence-corrected chi connectivity index (χ3v) is 4.30. The summed E-state index contributed by atoms with van der Waals surface area (Å²) in [4.78, 5) is 4.21. The van der Waals surface area contributed by atoms with Crippen molar-refractivity contribution in [2.24, 2.45) is 5.84 Å². The molecule has 0 aliphatic heterocycles. The van der Waals surface area contributed by atoms with Crippen molar-refractivity contribution < 1.29 is 0 Å². The highest BCUT2D eigenvalue weighted by Crippen LogP contribution is 2.33. The highest BCUT2D eigenvalue weighted by Gasteiger charge is 2.18. The fourth-order valence-electron chi connectivity index (χ4n) is 2.47. The molecule has 1 atom stereocenters. The summed E-state index contributed by atoms with van der Waals surface area (Å²) in [7, 11) is 0. The number of benzene rings is 2. The molecule has 0 saturated heterocycles. The zero-order valence-corrected chi connectivity index (χ0v) is 13.4. The van der Waals surface area contributed by atoms with Gasteiger partial charge in [-0.1, -0.05) is 45.7 Å². The van der Waals surface area contributed by atoms with Crippen LogP contribution in [0.5, 0.6) is 0 Å². The number of hydrazine groups is 1. The Bertz CT molecular complexity index is 786. The summed E-state index contributed by atoms with van der Waals surface area (Å²) in [5.41, 5.74) is 4.83. The van der Waals surface area contributed by atoms with E-state index in [1.165, 1.54) is 0 Å². The van der Waals surface area contributed by atoms with E-state index in [0.717, 1.165) is 26.4 Å². The third-order valence-electron chi connectivity index (χ3n) is 3.46. The molecule has 3 nitrogen and oxygen atoms in total. The van der Waals surface area contributed by atoms with Crippen LogP contribution in [0.15, 0.2) is 59.3 Å². The lowest BCUT2D eigenvalue weighted by atomic mass is 9.95. The van der Waals surface area contributed by atoms with Gasteiger partial charge in [0.25, 0.3) is 0 Å². The molecule has 0 saturated carbocycles. The fraction of sp³-hybridized carbons (Fsp3) is 0.0625. The van der Waals surface area contributed by atoms with Gasteiger partial charge in [0.05, 0.1) is 6.04 Å². The normalized spacial score (nSPS) is 12.5. The lowest BCUT2D eigenvalue weighted by Gasteiger charge is -2.20. The Hall–Kier alpha value is -1.46. The molecule has 3 rings (SSSR count). The van der Waals surface area contributed by atoms with Crippen molar-refractivity contribution in [3.8, 4) is 0 Å². The first-order valence-electron chi connectivity index (χ1n) is 6.44. The van der Waals surface area contributed by atoms with E-state index in [2.05, 4.69) is 32.4 Å². The molecule has 0 fully saturated rings. The van der Waals surface area contributed by atoms with Crippen LogP contribution in [-0.4, -0.2) is 4.98 Å². The zero-order valence-electron chi connectivity index (χ0n) is 11.1. The molecule has 0 aliphatic carbocycles. The Morgan fingerprint density at radius 2 is 2.00 bits per heavy atom. The number of nitrogens with two attached hydrogens (primary N) is 1. The fourth-order valence-corrected chi connectivity index (χ4v) is 3.08. The van der Waals surface area contributed by atoms with Crippen LogP contribution >= 0.6 is 27.5 Å². The smallest absolute Gasteiger partial charge is 0.0731 e. The SMILES string of the molecule is NNC(c1cc(Br)ccc1Cl)c1cccc2ccncc12. The van der Waals surface area contributed by atoms with Gasteiger partial charge in [-0.15, -0.1) is 0 Å². The molecule has 1 unspecified atom stereocenters. The molecule has 5 heteroatoms. The number of nitrogens with zero attached hydrogens (tertiary/aromatic N) is 1. The topological polar surface area (TPSA) is 50.9 Å². The molecule has 3 N–H and O–H groups in total. The van der Waals surface area contributed by atoms with E-state index in [9.17, 15) is 0 Å². The van der Waals surface area contributed by atoms with Crippen molar-refractivity contribution in [3.05, 3.63) is 75.5 Å². The Morgan fingerprint density at radius 3 is 2.81 bits per heavy atom. The summed E-state index contributed by atoms with van der Waals surface area (Å²) in [6.45, 7) is 0. The van der Waals surface area contributed by atoms with Crippen LogP contribution in [0, 0.1) is 0 Å². The van der Waals surface area contributed by atoms with E-state index in [-0.39, 0.29) is 6.04 Å². The largest absolute Gasteiger partial charge is 0.271 e. The van der Waals surface area contributed by atoms with Crippen molar-refractivity contribution in [1.29, 1.82) is 0 Å². The summed E-state index contributed by atoms with van der Waals surface area (Å²) in [6, 6.07) is 13.6. The van der Waals surface area contributed by atoms with Gasteiger partial charge in [-0.25, -0.2) is 5.43 Å². The number of hydrogen-bond acceptors (Lipinski definition) is 3. The van der Waals surface area contributed by atoms with Gasteiger partial charge >= 0.3 is 0 Å². The first kappa shape index (κ1) is 14.5. The number of pyridine rings is 1. The molecular formula is C16H13BrClN3. The monoisotopic (exact) mass is 361 g/mol. The summed E-state index contributed by atoms with van der Waals surface area (Å²) < 4.78 is 0.959. The number of rotatable bonds is 3. The van der Waals surface area contributed by atoms with E-state index in [1.54, 1.807) is 6.20 Å². The van der Waals surface area contributed by atoms with E-state index >= 15 is 0 Å². The average Bonchev–Trinajstić information content (AvgIpc) is 2.51. The Balaban J connectivity index is 2.21. The second kappa shape index (κ2) is 6.12. The molecule has 1 heterocycles. The van der Waals surface area contributed by atoms with Crippen LogP contribution in [0.1, 0.15) is 17.2 Å². The number of nitrogens with one attached hydrogen (secondary N) is 1. The van der Waals surface area contributed by atoms with Crippen molar-refractivity contribution in [2.45, 2.75) is 6.04 Å². The quantitative estimate of drug-likeness (QED) is 0.542. The second-order valence-electron chi connectivity index (χ2n) is 4.71. The average molecular weight is 363 g/mol. The number of hydrogen-bond donors (Lipinski definition) is 2. The maximum absolute atomic E-state index is 6.34. The highest BCUT2D eigenvalue weighted by atomic mass is 79.9. The number of aromatic nitrogens is 1. The molecule has 0 amide bonds. The van der Waals surface area contributed by atoms with Gasteiger partial charge in [0.1, 0.15) is 0 Å². The number of halogens is 2. The lowest BCUT2D eigenvalue weighted by molar-refractivity contribution is 0.641. The lowest BCUT2D eigenvalue weighted by Crippen LogP contribution is -2.29. The van der Waals surface area contributed by atoms with E-state index in [1.807, 2.05) is 42.6 Å². The van der Waals surface area contributed by atoms with Crippen LogP contribution in [-0.2, 0) is 0 Å². The van der Waals surface area contributed by atoms with Crippen molar-refractivity contribution in [3.63, 3.8) is 0 Å². The van der Waals surface area contributed by atoms with E-state index < -0.39 is 0 Å². The Morgan fingerprint density at radius 1 is 1.14 bits per heavy atom. The summed E-state index contributed by atoms with van der Waals surface area (Å²) in [6.07, 6.45) is 3.63. The predicted octanol–water partition coefficient (Wildman–Crippen LogP) is 4.20. The summed E-state index contributed by atoms with van der Waals surface area (Å²) in [5, 5.41) is 2.84. The van der Waals surface area contributed by atoms with Gasteiger partial charge in [0, 0.05) is 27.3 Å². The van der Waals surface area contributed by atoms with Gasteiger partial charge in [0.2, 0.25) is 0 Å². The molecule has 0 aliphatic rings. The molecule has 0 spiro atoms. The predicted molar refractivity (Wildman–Crippen MR) is 90.1 cm³/mol. The minimum Gasteiger partial charge on any atom is -0.271 e. The van der Waals surface area contributed by atoms with Crippen LogP contribution in [0.2, 0.25) is 5.02 Å². The van der Waals surface area contributed by atoms with Gasteiger partial charge in [0.15, 0.2) is 0 Å². The first-order chi connectivity index (χ1) is 10.2. The molecule has 3 aromatic rings. The van der Waals surface area contributed by atoms with Crippen LogP contribution in [0.4, 0.5) is 0 Å². The zero-order chi connectivity index (χ0) is 14.8. The van der Waals surface area contributed by atoms with E-state index in [4.69, 9.17) is 17.4 Å². The molecule has 1 aromatic heterocycles. The van der Waals surface area contributed by atoms with Gasteiger partial charge < -0.3 is 0 Å². The molecular weight excluding hydrogens is 350 g/mol. The third kappa shape index (κ3) is 2.80. The Labute approximate surface area is 136 Å². The van der Waals surface area contributed by atoms with Crippen molar-refractivity contribution >= 4 is 38.3 Å². The molecule has 2 aromatic carbocycles. The summed E-state index contributed by atoms with van der Waals surface area (Å²) >= 11 is 9.82. The maximum atomic E-state index is 6.34. The maximum Gasteiger partial charge on any atom is 0.0731 e. The standard InChI is InChI=1S/C16H13BrClN3/c17-11-4-5-15(18)13(8-11)16(21-19)12-3-1-2-10-6-7-20-9-14(10)12/h1-9,16,21H,19H2. The molecule has 0 radical (unpaired) electrons. The minimum atomic E-state index is -0.206. The van der Waals surface area contributed by atoms with Crippen molar-refractivity contribution in [1.82, 2.24) is 10.4 Å². The second-order valence-corrected chi connectivity index (χ2v) is 6.03. The molecule has 0 bridgehead atoms. The van der Waals surface area contributed by atoms with Gasteiger partial charge in [-0.05, 0) is 40.8 Å². The molecule has 21 heavy (non-hydrogen) atoms. The highest BCUT2D eigenvalue weighted by molar-refractivity contribution is 9.10. The van der Waals surface area contributed by atoms with Crippen LogP contribution in [0.3, 0.4) is 0 Å². The van der Waals surface area contributed by atoms with Crippen LogP contribution < -0.4 is 11.3 Å². The van der Waals surface area contributed by atoms with E-state index in [0.29, 0.717) is 5.02 Å². The van der Waals surface area contributed by atoms with Gasteiger partial charge in [-0.3, -0.25) is 10.8 Å². The minimum absolute atomic E-state index is 0.206.